The average Bonchev–Trinajstić information content (AvgIpc) is 2.86. The molecule has 1 amide bonds. The van der Waals surface area contributed by atoms with Gasteiger partial charge in [0.2, 0.25) is 11.9 Å². The molecule has 0 saturated heterocycles. The predicted molar refractivity (Wildman–Crippen MR) is 117 cm³/mol. The number of nitrogens with one attached hydrogen (secondary N) is 1. The van der Waals surface area contributed by atoms with Crippen LogP contribution in [-0.2, 0) is 16.8 Å². The Hall–Kier alpha value is -2.50. The van der Waals surface area contributed by atoms with Crippen LogP contribution in [0.25, 0.3) is 0 Å². The van der Waals surface area contributed by atoms with E-state index in [1.165, 1.54) is 24.4 Å². The van der Waals surface area contributed by atoms with Gasteiger partial charge in [0.15, 0.2) is 0 Å². The monoisotopic (exact) mass is 448 g/mol. The molecule has 1 aliphatic rings. The van der Waals surface area contributed by atoms with Crippen molar-refractivity contribution in [1.82, 2.24) is 5.32 Å². The molecule has 3 nitrogen and oxygen atoms in total. The first kappa shape index (κ1) is 22.2. The minimum Gasteiger partial charge on any atom is -0.352 e. The summed E-state index contributed by atoms with van der Waals surface area (Å²) in [5.74, 6) is -1.24. The number of halogens is 4. The fraction of sp³-hybridized carbons (Fsp3) is 0.217. The maximum Gasteiger partial charge on any atom is 0.220 e. The Bertz CT molecular complexity index is 1030. The number of aryl methyl sites for hydroxylation is 1. The third-order valence-corrected chi connectivity index (χ3v) is 5.36. The van der Waals surface area contributed by atoms with Crippen LogP contribution in [0.15, 0.2) is 65.6 Å². The Morgan fingerprint density at radius 3 is 2.57 bits per heavy atom. The molecule has 1 heterocycles. The molecule has 1 N–H and O–H groups in total. The Balaban J connectivity index is 1.77. The topological polar surface area (TPSA) is 41.5 Å². The molecule has 3 rings (SSSR count). The molecule has 2 aromatic carbocycles. The smallest absolute Gasteiger partial charge is 0.220 e. The van der Waals surface area contributed by atoms with Gasteiger partial charge in [0, 0.05) is 34.6 Å². The molecule has 0 radical (unpaired) electrons. The number of allylic oxidation sites excluding steroid dienone is 3. The van der Waals surface area contributed by atoms with E-state index in [1.807, 2.05) is 0 Å². The Labute approximate surface area is 184 Å². The molecule has 1 atom stereocenters. The molecule has 0 spiro atoms. The lowest BCUT2D eigenvalue weighted by Gasteiger charge is -2.29. The van der Waals surface area contributed by atoms with Gasteiger partial charge in [-0.15, -0.1) is 0 Å². The largest absolute Gasteiger partial charge is 0.352 e. The van der Waals surface area contributed by atoms with Crippen molar-refractivity contribution in [1.29, 1.82) is 0 Å². The third-order valence-electron chi connectivity index (χ3n) is 4.92. The van der Waals surface area contributed by atoms with Crippen molar-refractivity contribution in [2.75, 3.05) is 0 Å². The molecule has 1 unspecified atom stereocenters. The molecular weight excluding hydrogens is 429 g/mol. The van der Waals surface area contributed by atoms with Crippen molar-refractivity contribution in [2.45, 2.75) is 31.7 Å². The Morgan fingerprint density at radius 1 is 1.13 bits per heavy atom. The summed E-state index contributed by atoms with van der Waals surface area (Å²) < 4.78 is 27.8. The molecule has 2 aromatic rings. The second-order valence-electron chi connectivity index (χ2n) is 7.16. The molecule has 0 fully saturated rings. The van der Waals surface area contributed by atoms with Gasteiger partial charge >= 0.3 is 0 Å². The Kier molecular flexibility index (Phi) is 7.06. The zero-order valence-electron chi connectivity index (χ0n) is 16.3. The van der Waals surface area contributed by atoms with Crippen molar-refractivity contribution in [3.8, 4) is 0 Å². The highest BCUT2D eigenvalue weighted by Crippen LogP contribution is 2.37. The van der Waals surface area contributed by atoms with E-state index in [4.69, 9.17) is 23.2 Å². The second-order valence-corrected chi connectivity index (χ2v) is 8.03. The van der Waals surface area contributed by atoms with E-state index in [0.29, 0.717) is 15.6 Å². The molecule has 0 aromatic heterocycles. The van der Waals surface area contributed by atoms with Crippen molar-refractivity contribution < 1.29 is 13.6 Å². The number of carbonyl (C=O) groups excluding carboxylic acids is 1. The van der Waals surface area contributed by atoms with Crippen LogP contribution in [0.3, 0.4) is 0 Å². The zero-order valence-corrected chi connectivity index (χ0v) is 17.8. The molecule has 30 heavy (non-hydrogen) atoms. The van der Waals surface area contributed by atoms with E-state index in [1.54, 1.807) is 43.3 Å². The van der Waals surface area contributed by atoms with Crippen LogP contribution in [0, 0.1) is 12.7 Å². The van der Waals surface area contributed by atoms with Crippen LogP contribution < -0.4 is 5.32 Å². The van der Waals surface area contributed by atoms with Crippen molar-refractivity contribution in [3.05, 3.63) is 93.1 Å². The predicted octanol–water partition coefficient (Wildman–Crippen LogP) is 6.23. The van der Waals surface area contributed by atoms with Gasteiger partial charge in [0.1, 0.15) is 5.82 Å². The molecular formula is C23H20Cl2F2N2O. The van der Waals surface area contributed by atoms with Gasteiger partial charge in [-0.2, -0.15) is 4.39 Å². The number of aliphatic imine (C=N–C) groups is 1. The zero-order chi connectivity index (χ0) is 21.7. The number of rotatable bonds is 6. The van der Waals surface area contributed by atoms with Gasteiger partial charge in [-0.25, -0.2) is 9.38 Å². The highest BCUT2D eigenvalue weighted by atomic mass is 35.5. The lowest BCUT2D eigenvalue weighted by molar-refractivity contribution is -0.121. The van der Waals surface area contributed by atoms with Gasteiger partial charge in [0.25, 0.3) is 0 Å². The first-order valence-electron chi connectivity index (χ1n) is 9.36. The minimum atomic E-state index is -0.922. The van der Waals surface area contributed by atoms with Crippen molar-refractivity contribution in [2.24, 2.45) is 4.99 Å². The second kappa shape index (κ2) is 9.54. The SMILES string of the molecule is Cc1cc(F)ccc1C1(CCC(=O)NCc2cc(Cl)cc(Cl)c2)C=CC=NC(F)=C1. The number of carbonyl (C=O) groups is 1. The lowest BCUT2D eigenvalue weighted by atomic mass is 9.74. The van der Waals surface area contributed by atoms with E-state index < -0.39 is 11.4 Å². The molecule has 0 bridgehead atoms. The number of hydrogen-bond donors (Lipinski definition) is 1. The van der Waals surface area contributed by atoms with Crippen molar-refractivity contribution in [3.63, 3.8) is 0 Å². The summed E-state index contributed by atoms with van der Waals surface area (Å²) in [7, 11) is 0. The van der Waals surface area contributed by atoms with Crippen LogP contribution in [0.2, 0.25) is 10.0 Å². The van der Waals surface area contributed by atoms with E-state index in [2.05, 4.69) is 10.3 Å². The number of benzene rings is 2. The van der Waals surface area contributed by atoms with E-state index in [-0.39, 0.29) is 31.1 Å². The molecule has 0 saturated carbocycles. The van der Waals surface area contributed by atoms with E-state index in [0.717, 1.165) is 11.1 Å². The molecule has 7 heteroatoms. The average molecular weight is 449 g/mol. The summed E-state index contributed by atoms with van der Waals surface area (Å²) in [5, 5.41) is 3.80. The summed E-state index contributed by atoms with van der Waals surface area (Å²) in [4.78, 5) is 16.2. The fourth-order valence-electron chi connectivity index (χ4n) is 3.56. The Morgan fingerprint density at radius 2 is 1.87 bits per heavy atom. The van der Waals surface area contributed by atoms with Gasteiger partial charge in [-0.1, -0.05) is 35.3 Å². The maximum atomic E-state index is 14.2. The molecule has 156 valence electrons. The van der Waals surface area contributed by atoms with E-state index in [9.17, 15) is 13.6 Å². The number of amides is 1. The summed E-state index contributed by atoms with van der Waals surface area (Å²) in [6.07, 6.45) is 6.56. The molecule has 0 aliphatic carbocycles. The minimum absolute atomic E-state index is 0.124. The summed E-state index contributed by atoms with van der Waals surface area (Å²) >= 11 is 12.0. The highest BCUT2D eigenvalue weighted by Gasteiger charge is 2.31. The first-order chi connectivity index (χ1) is 14.3. The van der Waals surface area contributed by atoms with Crippen LogP contribution >= 0.6 is 23.2 Å². The first-order valence-corrected chi connectivity index (χ1v) is 10.1. The third kappa shape index (κ3) is 5.55. The van der Waals surface area contributed by atoms with Crippen molar-refractivity contribution >= 4 is 35.3 Å². The number of nitrogens with zero attached hydrogens (tertiary/aromatic N) is 1. The van der Waals surface area contributed by atoms with Crippen LogP contribution in [-0.4, -0.2) is 12.1 Å². The lowest BCUT2D eigenvalue weighted by Crippen LogP contribution is -2.28. The van der Waals surface area contributed by atoms with Crippen LogP contribution in [0.5, 0.6) is 0 Å². The highest BCUT2D eigenvalue weighted by molar-refractivity contribution is 6.34. The standard InChI is InChI=1S/C23H20Cl2F2N2O/c1-15-9-19(26)3-4-20(15)23(6-2-8-28-21(27)13-23)7-5-22(30)29-14-16-10-17(24)12-18(25)11-16/h2-4,6,8-13H,5,7,14H2,1H3,(H,29,30). The fourth-order valence-corrected chi connectivity index (χ4v) is 4.13. The van der Waals surface area contributed by atoms with Crippen LogP contribution in [0.4, 0.5) is 8.78 Å². The number of hydrogen-bond acceptors (Lipinski definition) is 2. The molecule has 1 aliphatic heterocycles. The van der Waals surface area contributed by atoms with Gasteiger partial charge in [-0.3, -0.25) is 4.79 Å². The normalized spacial score (nSPS) is 18.1. The summed E-state index contributed by atoms with van der Waals surface area (Å²) in [5.41, 5.74) is 1.24. The summed E-state index contributed by atoms with van der Waals surface area (Å²) in [6.45, 7) is 2.03. The maximum absolute atomic E-state index is 14.2. The quantitative estimate of drug-likeness (QED) is 0.523. The van der Waals surface area contributed by atoms with E-state index >= 15 is 0 Å². The van der Waals surface area contributed by atoms with Gasteiger partial charge < -0.3 is 5.32 Å². The van der Waals surface area contributed by atoms with Gasteiger partial charge in [-0.05, 0) is 72.5 Å². The van der Waals surface area contributed by atoms with Gasteiger partial charge in [0.05, 0.1) is 0 Å². The summed E-state index contributed by atoms with van der Waals surface area (Å²) in [6, 6.07) is 9.41. The van der Waals surface area contributed by atoms with Crippen LogP contribution in [0.1, 0.15) is 29.5 Å².